The van der Waals surface area contributed by atoms with E-state index in [4.69, 9.17) is 4.52 Å². The summed E-state index contributed by atoms with van der Waals surface area (Å²) in [6.45, 7) is 10.2. The maximum atomic E-state index is 12.5. The van der Waals surface area contributed by atoms with Crippen LogP contribution in [-0.4, -0.2) is 47.1 Å². The zero-order valence-electron chi connectivity index (χ0n) is 17.7. The van der Waals surface area contributed by atoms with E-state index in [1.807, 2.05) is 17.0 Å². The van der Waals surface area contributed by atoms with E-state index in [9.17, 15) is 4.79 Å². The number of rotatable bonds is 8. The summed E-state index contributed by atoms with van der Waals surface area (Å²) >= 11 is 0. The molecular formula is C22H33ClN4O2. The number of nitrogens with zero attached hydrogens (tertiary/aromatic N) is 3. The summed E-state index contributed by atoms with van der Waals surface area (Å²) in [6, 6.07) is 8.23. The van der Waals surface area contributed by atoms with Gasteiger partial charge in [0.05, 0.1) is 0 Å². The lowest BCUT2D eigenvalue weighted by Crippen LogP contribution is -2.40. The maximum absolute atomic E-state index is 12.5. The van der Waals surface area contributed by atoms with Gasteiger partial charge in [-0.15, -0.1) is 12.4 Å². The van der Waals surface area contributed by atoms with Gasteiger partial charge < -0.3 is 14.7 Å². The summed E-state index contributed by atoms with van der Waals surface area (Å²) in [7, 11) is 0. The molecular weight excluding hydrogens is 388 g/mol. The van der Waals surface area contributed by atoms with E-state index in [-0.39, 0.29) is 18.3 Å². The van der Waals surface area contributed by atoms with Crippen LogP contribution in [0.25, 0.3) is 11.4 Å². The molecule has 6 nitrogen and oxygen atoms in total. The highest BCUT2D eigenvalue weighted by Crippen LogP contribution is 2.21. The SMILES string of the molecule is CCNCC1CCN(C(=O)CCc2nc(-c3ccc(C(C)C)cc3)no2)CC1.Cl. The number of aryl methyl sites for hydroxylation is 1. The number of likely N-dealkylation sites (tertiary alicyclic amines) is 1. The number of hydrogen-bond acceptors (Lipinski definition) is 5. The van der Waals surface area contributed by atoms with E-state index in [0.717, 1.165) is 44.6 Å². The number of carbonyl (C=O) groups excluding carboxylic acids is 1. The number of benzene rings is 1. The van der Waals surface area contributed by atoms with Crippen LogP contribution in [-0.2, 0) is 11.2 Å². The fourth-order valence-electron chi connectivity index (χ4n) is 3.60. The Hall–Kier alpha value is -1.92. The quantitative estimate of drug-likeness (QED) is 0.697. The second kappa shape index (κ2) is 11.3. The first-order valence-corrected chi connectivity index (χ1v) is 10.5. The first-order chi connectivity index (χ1) is 13.6. The Bertz CT molecular complexity index is 752. The molecule has 3 rings (SSSR count). The molecule has 0 aliphatic carbocycles. The van der Waals surface area contributed by atoms with Crippen molar-refractivity contribution in [1.29, 1.82) is 0 Å². The van der Waals surface area contributed by atoms with Crippen LogP contribution in [0.15, 0.2) is 28.8 Å². The number of hydrogen-bond donors (Lipinski definition) is 1. The molecule has 1 aliphatic rings. The molecule has 0 saturated carbocycles. The van der Waals surface area contributed by atoms with Crippen molar-refractivity contribution in [2.75, 3.05) is 26.2 Å². The van der Waals surface area contributed by atoms with Crippen molar-refractivity contribution in [2.24, 2.45) is 5.92 Å². The fraction of sp³-hybridized carbons (Fsp3) is 0.591. The van der Waals surface area contributed by atoms with E-state index < -0.39 is 0 Å². The molecule has 160 valence electrons. The van der Waals surface area contributed by atoms with Crippen LogP contribution < -0.4 is 5.32 Å². The van der Waals surface area contributed by atoms with Gasteiger partial charge in [0, 0.05) is 31.5 Å². The topological polar surface area (TPSA) is 71.3 Å². The van der Waals surface area contributed by atoms with E-state index in [2.05, 4.69) is 48.4 Å². The lowest BCUT2D eigenvalue weighted by molar-refractivity contribution is -0.132. The number of nitrogens with one attached hydrogen (secondary N) is 1. The van der Waals surface area contributed by atoms with Crippen LogP contribution in [0, 0.1) is 5.92 Å². The summed E-state index contributed by atoms with van der Waals surface area (Å²) < 4.78 is 5.36. The summed E-state index contributed by atoms with van der Waals surface area (Å²) in [5.41, 5.74) is 2.22. The Kier molecular flexibility index (Phi) is 9.11. The molecule has 1 aromatic heterocycles. The molecule has 1 amide bonds. The van der Waals surface area contributed by atoms with Gasteiger partial charge in [0.2, 0.25) is 17.6 Å². The highest BCUT2D eigenvalue weighted by molar-refractivity contribution is 5.85. The number of halogens is 1. The van der Waals surface area contributed by atoms with Gasteiger partial charge in [-0.2, -0.15) is 4.98 Å². The Morgan fingerprint density at radius 2 is 1.93 bits per heavy atom. The Labute approximate surface area is 179 Å². The lowest BCUT2D eigenvalue weighted by Gasteiger charge is -2.32. The normalized spacial score (nSPS) is 14.8. The third-order valence-corrected chi connectivity index (χ3v) is 5.51. The Morgan fingerprint density at radius 1 is 1.24 bits per heavy atom. The average Bonchev–Trinajstić information content (AvgIpc) is 3.20. The molecule has 1 aromatic carbocycles. The summed E-state index contributed by atoms with van der Waals surface area (Å²) in [5, 5.41) is 7.47. The minimum Gasteiger partial charge on any atom is -0.343 e. The number of amides is 1. The molecule has 2 heterocycles. The van der Waals surface area contributed by atoms with Gasteiger partial charge in [0.25, 0.3) is 0 Å². The third kappa shape index (κ3) is 6.54. The first-order valence-electron chi connectivity index (χ1n) is 10.5. The second-order valence-electron chi connectivity index (χ2n) is 7.92. The van der Waals surface area contributed by atoms with Gasteiger partial charge in [0.15, 0.2) is 0 Å². The lowest BCUT2D eigenvalue weighted by atomic mass is 9.96. The largest absolute Gasteiger partial charge is 0.343 e. The molecule has 7 heteroatoms. The molecule has 0 radical (unpaired) electrons. The standard InChI is InChI=1S/C22H32N4O2.ClH/c1-4-23-15-17-11-13-26(14-12-17)21(27)10-9-20-24-22(25-28-20)19-7-5-18(6-8-19)16(2)3;/h5-8,16-17,23H,4,9-15H2,1-3H3;1H. The molecule has 1 aliphatic heterocycles. The second-order valence-corrected chi connectivity index (χ2v) is 7.92. The predicted molar refractivity (Wildman–Crippen MR) is 117 cm³/mol. The highest BCUT2D eigenvalue weighted by Gasteiger charge is 2.22. The van der Waals surface area contributed by atoms with Gasteiger partial charge in [-0.1, -0.05) is 50.2 Å². The Morgan fingerprint density at radius 3 is 2.55 bits per heavy atom. The highest BCUT2D eigenvalue weighted by atomic mass is 35.5. The average molecular weight is 421 g/mol. The van der Waals surface area contributed by atoms with Crippen LogP contribution in [0.4, 0.5) is 0 Å². The van der Waals surface area contributed by atoms with Crippen molar-refractivity contribution in [3.63, 3.8) is 0 Å². The van der Waals surface area contributed by atoms with Crippen molar-refractivity contribution in [3.05, 3.63) is 35.7 Å². The molecule has 1 N–H and O–H groups in total. The number of aromatic nitrogens is 2. The van der Waals surface area contributed by atoms with E-state index in [0.29, 0.717) is 36.4 Å². The molecule has 1 saturated heterocycles. The van der Waals surface area contributed by atoms with Gasteiger partial charge in [-0.05, 0) is 43.3 Å². The van der Waals surface area contributed by atoms with E-state index >= 15 is 0 Å². The molecule has 0 unspecified atom stereocenters. The van der Waals surface area contributed by atoms with Crippen LogP contribution in [0.2, 0.25) is 0 Å². The molecule has 2 aromatic rings. The zero-order chi connectivity index (χ0) is 19.9. The summed E-state index contributed by atoms with van der Waals surface area (Å²) in [6.07, 6.45) is 3.07. The molecule has 0 atom stereocenters. The third-order valence-electron chi connectivity index (χ3n) is 5.51. The van der Waals surface area contributed by atoms with E-state index in [1.54, 1.807) is 0 Å². The van der Waals surface area contributed by atoms with Crippen LogP contribution >= 0.6 is 12.4 Å². The van der Waals surface area contributed by atoms with Crippen molar-refractivity contribution in [1.82, 2.24) is 20.4 Å². The van der Waals surface area contributed by atoms with Crippen LogP contribution in [0.5, 0.6) is 0 Å². The molecule has 1 fully saturated rings. The van der Waals surface area contributed by atoms with Gasteiger partial charge in [-0.3, -0.25) is 4.79 Å². The van der Waals surface area contributed by atoms with Crippen molar-refractivity contribution in [2.45, 2.75) is 52.4 Å². The molecule has 29 heavy (non-hydrogen) atoms. The van der Waals surface area contributed by atoms with Gasteiger partial charge >= 0.3 is 0 Å². The fourth-order valence-corrected chi connectivity index (χ4v) is 3.60. The smallest absolute Gasteiger partial charge is 0.227 e. The van der Waals surface area contributed by atoms with Crippen LogP contribution in [0.3, 0.4) is 0 Å². The predicted octanol–water partition coefficient (Wildman–Crippen LogP) is 4.06. The van der Waals surface area contributed by atoms with E-state index in [1.165, 1.54) is 5.56 Å². The summed E-state index contributed by atoms with van der Waals surface area (Å²) in [5.74, 6) is 2.47. The molecule has 0 bridgehead atoms. The van der Waals surface area contributed by atoms with Crippen LogP contribution in [0.1, 0.15) is 57.4 Å². The first kappa shape index (κ1) is 23.4. The Balaban J connectivity index is 0.00000300. The maximum Gasteiger partial charge on any atom is 0.227 e. The van der Waals surface area contributed by atoms with Gasteiger partial charge in [-0.25, -0.2) is 0 Å². The number of piperidine rings is 1. The van der Waals surface area contributed by atoms with Crippen molar-refractivity contribution < 1.29 is 9.32 Å². The summed E-state index contributed by atoms with van der Waals surface area (Å²) in [4.78, 5) is 18.9. The minimum atomic E-state index is 0. The monoisotopic (exact) mass is 420 g/mol. The number of carbonyl (C=O) groups is 1. The molecule has 0 spiro atoms. The van der Waals surface area contributed by atoms with Gasteiger partial charge in [0.1, 0.15) is 0 Å². The minimum absolute atomic E-state index is 0. The van der Waals surface area contributed by atoms with Crippen molar-refractivity contribution >= 4 is 18.3 Å². The van der Waals surface area contributed by atoms with Crippen molar-refractivity contribution in [3.8, 4) is 11.4 Å². The zero-order valence-corrected chi connectivity index (χ0v) is 18.5.